The van der Waals surface area contributed by atoms with Gasteiger partial charge in [-0.2, -0.15) is 0 Å². The second-order valence-electron chi connectivity index (χ2n) is 4.80. The number of hydrogen-bond donors (Lipinski definition) is 0. The summed E-state index contributed by atoms with van der Waals surface area (Å²) in [5, 5.41) is 1.01. The molecule has 3 nitrogen and oxygen atoms in total. The fourth-order valence-corrected chi connectivity index (χ4v) is 2.93. The smallest absolute Gasteiger partial charge is 0.185 e. The van der Waals surface area contributed by atoms with E-state index >= 15 is 0 Å². The number of Topliss-reactive ketones (excluding diaryl/α,β-unsaturated/α-hetero) is 1. The number of thiazole rings is 1. The minimum atomic E-state index is 0.114. The highest BCUT2D eigenvalue weighted by atomic mass is 32.1. The van der Waals surface area contributed by atoms with Gasteiger partial charge in [-0.05, 0) is 18.3 Å². The summed E-state index contributed by atoms with van der Waals surface area (Å²) in [5.74, 6) is 1.62. The van der Waals surface area contributed by atoms with Gasteiger partial charge in [0, 0.05) is 20.0 Å². The average molecular weight is 238 g/mol. The molecule has 1 saturated heterocycles. The van der Waals surface area contributed by atoms with Gasteiger partial charge in [0.1, 0.15) is 0 Å². The van der Waals surface area contributed by atoms with Gasteiger partial charge < -0.3 is 4.90 Å². The predicted octanol–water partition coefficient (Wildman–Crippen LogP) is 2.83. The number of carbonyl (C=O) groups is 1. The highest BCUT2D eigenvalue weighted by Gasteiger charge is 2.26. The van der Waals surface area contributed by atoms with Crippen molar-refractivity contribution in [3.05, 3.63) is 11.1 Å². The highest BCUT2D eigenvalue weighted by molar-refractivity contribution is 7.17. The lowest BCUT2D eigenvalue weighted by Crippen LogP contribution is -2.20. The molecule has 2 rings (SSSR count). The molecule has 0 bridgehead atoms. The van der Waals surface area contributed by atoms with Gasteiger partial charge in [0.05, 0.1) is 11.1 Å². The molecule has 16 heavy (non-hydrogen) atoms. The first-order valence-electron chi connectivity index (χ1n) is 5.79. The molecular weight excluding hydrogens is 220 g/mol. The van der Waals surface area contributed by atoms with Crippen LogP contribution >= 0.6 is 11.3 Å². The van der Waals surface area contributed by atoms with Crippen molar-refractivity contribution in [2.45, 2.75) is 27.2 Å². The van der Waals surface area contributed by atoms with Crippen LogP contribution in [-0.2, 0) is 0 Å². The molecule has 1 aliphatic heterocycles. The first-order valence-corrected chi connectivity index (χ1v) is 6.61. The van der Waals surface area contributed by atoms with Crippen molar-refractivity contribution in [3.63, 3.8) is 0 Å². The van der Waals surface area contributed by atoms with Crippen molar-refractivity contribution in [1.29, 1.82) is 0 Å². The molecule has 1 aromatic rings. The first-order chi connectivity index (χ1) is 7.58. The fraction of sp³-hybridized carbons (Fsp3) is 0.667. The molecule has 88 valence electrons. The van der Waals surface area contributed by atoms with Crippen LogP contribution < -0.4 is 4.90 Å². The molecule has 1 aliphatic rings. The number of ketones is 1. The number of nitrogens with zero attached hydrogens (tertiary/aromatic N) is 2. The van der Waals surface area contributed by atoms with Crippen LogP contribution in [0.25, 0.3) is 0 Å². The van der Waals surface area contributed by atoms with E-state index in [1.165, 1.54) is 17.8 Å². The summed E-state index contributed by atoms with van der Waals surface area (Å²) in [6, 6.07) is 0. The molecule has 0 aromatic carbocycles. The van der Waals surface area contributed by atoms with E-state index in [1.807, 2.05) is 0 Å². The van der Waals surface area contributed by atoms with Gasteiger partial charge in [0.25, 0.3) is 0 Å². The SMILES string of the molecule is CC(=O)c1cnc(N2CCC(C(C)C)C2)s1. The predicted molar refractivity (Wildman–Crippen MR) is 67.3 cm³/mol. The maximum Gasteiger partial charge on any atom is 0.185 e. The van der Waals surface area contributed by atoms with Crippen molar-refractivity contribution < 1.29 is 4.79 Å². The van der Waals surface area contributed by atoms with Gasteiger partial charge in [0.2, 0.25) is 0 Å². The van der Waals surface area contributed by atoms with Crippen molar-refractivity contribution in [3.8, 4) is 0 Å². The fourth-order valence-electron chi connectivity index (χ4n) is 2.08. The largest absolute Gasteiger partial charge is 0.348 e. The van der Waals surface area contributed by atoms with Gasteiger partial charge >= 0.3 is 0 Å². The molecular formula is C12H18N2OS. The summed E-state index contributed by atoms with van der Waals surface area (Å²) >= 11 is 1.52. The summed E-state index contributed by atoms with van der Waals surface area (Å²) in [6.45, 7) is 8.31. The monoisotopic (exact) mass is 238 g/mol. The number of carbonyl (C=O) groups excluding carboxylic acids is 1. The van der Waals surface area contributed by atoms with Crippen molar-refractivity contribution in [2.75, 3.05) is 18.0 Å². The Kier molecular flexibility index (Phi) is 3.28. The van der Waals surface area contributed by atoms with E-state index in [0.29, 0.717) is 0 Å². The van der Waals surface area contributed by atoms with Gasteiger partial charge in [-0.15, -0.1) is 0 Å². The first kappa shape index (κ1) is 11.6. The van der Waals surface area contributed by atoms with E-state index in [2.05, 4.69) is 23.7 Å². The molecule has 2 heterocycles. The summed E-state index contributed by atoms with van der Waals surface area (Å²) < 4.78 is 0. The average Bonchev–Trinajstić information content (AvgIpc) is 2.86. The maximum atomic E-state index is 11.2. The Labute approximate surface area is 100 Å². The molecule has 1 aromatic heterocycles. The summed E-state index contributed by atoms with van der Waals surface area (Å²) in [7, 11) is 0. The van der Waals surface area contributed by atoms with Gasteiger partial charge in [-0.1, -0.05) is 25.2 Å². The summed E-state index contributed by atoms with van der Waals surface area (Å²) in [5.41, 5.74) is 0. The molecule has 0 amide bonds. The van der Waals surface area contributed by atoms with E-state index in [-0.39, 0.29) is 5.78 Å². The zero-order chi connectivity index (χ0) is 11.7. The van der Waals surface area contributed by atoms with E-state index in [1.54, 1.807) is 13.1 Å². The molecule has 1 unspecified atom stereocenters. The normalized spacial score (nSPS) is 20.8. The topological polar surface area (TPSA) is 33.2 Å². The Hall–Kier alpha value is -0.900. The number of anilines is 1. The van der Waals surface area contributed by atoms with Crippen molar-refractivity contribution in [2.24, 2.45) is 11.8 Å². The Morgan fingerprint density at radius 2 is 2.38 bits per heavy atom. The van der Waals surface area contributed by atoms with Crippen LogP contribution in [0.15, 0.2) is 6.20 Å². The maximum absolute atomic E-state index is 11.2. The lowest BCUT2D eigenvalue weighted by molar-refractivity contribution is 0.102. The van der Waals surface area contributed by atoms with Crippen LogP contribution in [0.3, 0.4) is 0 Å². The third kappa shape index (κ3) is 2.26. The van der Waals surface area contributed by atoms with E-state index < -0.39 is 0 Å². The van der Waals surface area contributed by atoms with E-state index in [0.717, 1.165) is 34.9 Å². The lowest BCUT2D eigenvalue weighted by Gasteiger charge is -2.16. The number of aromatic nitrogens is 1. The third-order valence-corrected chi connectivity index (χ3v) is 4.44. The van der Waals surface area contributed by atoms with Gasteiger partial charge in [-0.3, -0.25) is 4.79 Å². The van der Waals surface area contributed by atoms with Crippen LogP contribution in [0.1, 0.15) is 36.9 Å². The van der Waals surface area contributed by atoms with E-state index in [9.17, 15) is 4.79 Å². The van der Waals surface area contributed by atoms with Crippen molar-refractivity contribution >= 4 is 22.3 Å². The van der Waals surface area contributed by atoms with Gasteiger partial charge in [-0.25, -0.2) is 4.98 Å². The van der Waals surface area contributed by atoms with Crippen molar-refractivity contribution in [1.82, 2.24) is 4.98 Å². The number of rotatable bonds is 3. The molecule has 0 spiro atoms. The zero-order valence-corrected chi connectivity index (χ0v) is 10.9. The Bertz CT molecular complexity index is 386. The lowest BCUT2D eigenvalue weighted by atomic mass is 9.95. The van der Waals surface area contributed by atoms with Crippen LogP contribution in [0.2, 0.25) is 0 Å². The summed E-state index contributed by atoms with van der Waals surface area (Å²) in [6.07, 6.45) is 2.94. The molecule has 0 radical (unpaired) electrons. The quantitative estimate of drug-likeness (QED) is 0.759. The molecule has 4 heteroatoms. The minimum absolute atomic E-state index is 0.114. The molecule has 0 aliphatic carbocycles. The highest BCUT2D eigenvalue weighted by Crippen LogP contribution is 2.30. The molecule has 1 fully saturated rings. The molecule has 1 atom stereocenters. The third-order valence-electron chi connectivity index (χ3n) is 3.28. The number of hydrogen-bond acceptors (Lipinski definition) is 4. The Morgan fingerprint density at radius 3 is 2.88 bits per heavy atom. The summed E-state index contributed by atoms with van der Waals surface area (Å²) in [4.78, 5) is 18.6. The molecule has 0 saturated carbocycles. The Morgan fingerprint density at radius 1 is 1.62 bits per heavy atom. The van der Waals surface area contributed by atoms with Gasteiger partial charge in [0.15, 0.2) is 10.9 Å². The van der Waals surface area contributed by atoms with Crippen LogP contribution in [0.4, 0.5) is 5.13 Å². The second kappa shape index (κ2) is 4.53. The minimum Gasteiger partial charge on any atom is -0.348 e. The van der Waals surface area contributed by atoms with Crippen LogP contribution in [0, 0.1) is 11.8 Å². The molecule has 0 N–H and O–H groups in total. The second-order valence-corrected chi connectivity index (χ2v) is 5.81. The van der Waals surface area contributed by atoms with E-state index in [4.69, 9.17) is 0 Å². The zero-order valence-electron chi connectivity index (χ0n) is 10.1. The van der Waals surface area contributed by atoms with Crippen LogP contribution in [0.5, 0.6) is 0 Å². The van der Waals surface area contributed by atoms with Crippen LogP contribution in [-0.4, -0.2) is 23.9 Å². The Balaban J connectivity index is 2.06. The standard InChI is InChI=1S/C12H18N2OS/c1-8(2)10-4-5-14(7-10)12-13-6-11(16-12)9(3)15/h6,8,10H,4-5,7H2,1-3H3.